The maximum atomic E-state index is 13.0. The van der Waals surface area contributed by atoms with Gasteiger partial charge in [-0.1, -0.05) is 45.1 Å². The molecule has 1 aromatic carbocycles. The first-order chi connectivity index (χ1) is 20.2. The average Bonchev–Trinajstić information content (AvgIpc) is 3.52. The van der Waals surface area contributed by atoms with Crippen molar-refractivity contribution >= 4 is 47.9 Å². The van der Waals surface area contributed by atoms with E-state index in [0.29, 0.717) is 49.5 Å². The van der Waals surface area contributed by atoms with E-state index in [4.69, 9.17) is 0 Å². The van der Waals surface area contributed by atoms with Crippen molar-refractivity contribution in [3.63, 3.8) is 0 Å². The Morgan fingerprint density at radius 3 is 2.52 bits per heavy atom. The third kappa shape index (κ3) is 10.5. The van der Waals surface area contributed by atoms with E-state index in [-0.39, 0.29) is 41.8 Å². The van der Waals surface area contributed by atoms with Gasteiger partial charge in [-0.3, -0.25) is 14.4 Å². The molecule has 0 aliphatic carbocycles. The maximum absolute atomic E-state index is 13.0. The first-order valence-electron chi connectivity index (χ1n) is 14.9. The fourth-order valence-electron chi connectivity index (χ4n) is 5.25. The van der Waals surface area contributed by atoms with Crippen LogP contribution in [0.5, 0.6) is 0 Å². The number of thioether (sulfide) groups is 1. The minimum atomic E-state index is -0.763. The Balaban J connectivity index is 1.31. The van der Waals surface area contributed by atoms with Gasteiger partial charge in [-0.05, 0) is 62.1 Å². The predicted molar refractivity (Wildman–Crippen MR) is 166 cm³/mol. The number of carbonyl (C=O) groups excluding carboxylic acids is 5. The molecule has 5 N–H and O–H groups in total. The molecular weight excluding hydrogens is 554 g/mol. The van der Waals surface area contributed by atoms with Crippen LogP contribution in [-0.4, -0.2) is 71.8 Å². The Bertz CT molecular complexity index is 1100. The highest BCUT2D eigenvalue weighted by molar-refractivity contribution is 8.00. The van der Waals surface area contributed by atoms with Crippen molar-refractivity contribution in [2.24, 2.45) is 5.92 Å². The van der Waals surface area contributed by atoms with Crippen LogP contribution in [0.15, 0.2) is 30.8 Å². The number of rotatable bonds is 18. The monoisotopic (exact) mass is 599 g/mol. The lowest BCUT2D eigenvalue weighted by atomic mass is 10.0. The average molecular weight is 600 g/mol. The fourth-order valence-corrected chi connectivity index (χ4v) is 6.80. The first kappa shape index (κ1) is 33.2. The van der Waals surface area contributed by atoms with E-state index in [0.717, 1.165) is 36.9 Å². The fraction of sp³-hybridized carbons (Fsp3) is 0.581. The van der Waals surface area contributed by atoms with Gasteiger partial charge in [0, 0.05) is 29.5 Å². The molecule has 2 saturated heterocycles. The number of benzene rings is 1. The second-order valence-electron chi connectivity index (χ2n) is 11.4. The standard InChI is InChI=1S/C31H45N5O5S/c1-4-21-12-14-22(15-13-21)29(39)34-24(17-20(2)3)30(40)33-23(18-37)9-7-8-16-32-27(38)11-6-5-10-26-28-25(19-42-26)35-31(41)36-28/h4,12-15,18,20,23-26,28H,1,5-11,16-17,19H2,2-3H3,(H,32,38)(H,33,40)(H,34,39)(H2,35,36,41)/t23-,24-,25-,26-,28-/m0/s1. The third-order valence-electron chi connectivity index (χ3n) is 7.57. The lowest BCUT2D eigenvalue weighted by molar-refractivity contribution is -0.126. The van der Waals surface area contributed by atoms with Crippen LogP contribution in [0.4, 0.5) is 4.79 Å². The van der Waals surface area contributed by atoms with E-state index in [1.54, 1.807) is 30.3 Å². The molecule has 230 valence electrons. The Hall–Kier alpha value is -3.34. The van der Waals surface area contributed by atoms with Gasteiger partial charge < -0.3 is 31.4 Å². The molecule has 3 rings (SSSR count). The topological polar surface area (TPSA) is 146 Å². The maximum Gasteiger partial charge on any atom is 0.315 e. The molecule has 2 aliphatic rings. The van der Waals surface area contributed by atoms with Gasteiger partial charge in [-0.15, -0.1) is 0 Å². The van der Waals surface area contributed by atoms with Gasteiger partial charge in [0.1, 0.15) is 12.3 Å². The molecule has 0 saturated carbocycles. The van der Waals surface area contributed by atoms with Crippen LogP contribution >= 0.6 is 11.8 Å². The molecule has 11 heteroatoms. The van der Waals surface area contributed by atoms with Crippen LogP contribution in [0.3, 0.4) is 0 Å². The molecule has 2 aliphatic heterocycles. The summed E-state index contributed by atoms with van der Waals surface area (Å²) >= 11 is 1.88. The minimum absolute atomic E-state index is 0.00873. The zero-order valence-corrected chi connectivity index (χ0v) is 25.5. The quantitative estimate of drug-likeness (QED) is 0.0996. The van der Waals surface area contributed by atoms with E-state index in [2.05, 4.69) is 33.2 Å². The number of unbranched alkanes of at least 4 members (excludes halogenated alkanes) is 2. The molecule has 2 heterocycles. The SMILES string of the molecule is C=Cc1ccc(C(=O)N[C@@H](CC(C)C)C(=O)N[C@H](C=O)CCCCNC(=O)CCCC[C@@H]2SC[C@@H]3NC(=O)N[C@@H]32)cc1. The largest absolute Gasteiger partial charge is 0.356 e. The highest BCUT2D eigenvalue weighted by atomic mass is 32.2. The van der Waals surface area contributed by atoms with E-state index in [1.165, 1.54) is 0 Å². The van der Waals surface area contributed by atoms with Gasteiger partial charge in [0.05, 0.1) is 18.1 Å². The van der Waals surface area contributed by atoms with Gasteiger partial charge in [0.15, 0.2) is 0 Å². The highest BCUT2D eigenvalue weighted by Crippen LogP contribution is 2.33. The van der Waals surface area contributed by atoms with Crippen molar-refractivity contribution in [2.75, 3.05) is 12.3 Å². The van der Waals surface area contributed by atoms with Crippen molar-refractivity contribution in [3.05, 3.63) is 42.0 Å². The van der Waals surface area contributed by atoms with Crippen LogP contribution in [0, 0.1) is 5.92 Å². The van der Waals surface area contributed by atoms with Crippen LogP contribution < -0.4 is 26.6 Å². The van der Waals surface area contributed by atoms with E-state index in [9.17, 15) is 24.0 Å². The van der Waals surface area contributed by atoms with Crippen LogP contribution in [0.25, 0.3) is 6.08 Å². The van der Waals surface area contributed by atoms with Crippen LogP contribution in [-0.2, 0) is 14.4 Å². The zero-order valence-electron chi connectivity index (χ0n) is 24.7. The molecule has 42 heavy (non-hydrogen) atoms. The van der Waals surface area contributed by atoms with Gasteiger partial charge in [-0.25, -0.2) is 4.79 Å². The molecule has 0 aromatic heterocycles. The number of hydrogen-bond acceptors (Lipinski definition) is 6. The number of amides is 5. The molecule has 5 amide bonds. The lowest BCUT2D eigenvalue weighted by Gasteiger charge is -2.22. The van der Waals surface area contributed by atoms with Crippen molar-refractivity contribution in [2.45, 2.75) is 94.6 Å². The number of hydrogen-bond donors (Lipinski definition) is 5. The van der Waals surface area contributed by atoms with Gasteiger partial charge in [0.25, 0.3) is 5.91 Å². The third-order valence-corrected chi connectivity index (χ3v) is 9.08. The summed E-state index contributed by atoms with van der Waals surface area (Å²) in [6.07, 6.45) is 7.81. The Morgan fingerprint density at radius 1 is 1.07 bits per heavy atom. The van der Waals surface area contributed by atoms with Crippen molar-refractivity contribution in [1.82, 2.24) is 26.6 Å². The molecule has 1 aromatic rings. The number of nitrogens with one attached hydrogen (secondary N) is 5. The van der Waals surface area contributed by atoms with Gasteiger partial charge in [0.2, 0.25) is 11.8 Å². The second kappa shape index (κ2) is 16.9. The molecule has 0 spiro atoms. The summed E-state index contributed by atoms with van der Waals surface area (Å²) in [6, 6.07) is 5.83. The van der Waals surface area contributed by atoms with E-state index >= 15 is 0 Å². The molecule has 0 radical (unpaired) electrons. The molecule has 0 bridgehead atoms. The Labute approximate surface area is 253 Å². The Kier molecular flexibility index (Phi) is 13.4. The molecule has 2 fully saturated rings. The number of fused-ring (bicyclic) bond motifs is 1. The summed E-state index contributed by atoms with van der Waals surface area (Å²) in [5, 5.41) is 14.8. The predicted octanol–water partition coefficient (Wildman–Crippen LogP) is 3.17. The summed E-state index contributed by atoms with van der Waals surface area (Å²) in [5.74, 6) is 0.362. The number of aldehydes is 1. The van der Waals surface area contributed by atoms with Crippen LogP contribution in [0.1, 0.15) is 81.1 Å². The van der Waals surface area contributed by atoms with Crippen molar-refractivity contribution < 1.29 is 24.0 Å². The normalized spacial score (nSPS) is 20.5. The number of carbonyl (C=O) groups is 5. The van der Waals surface area contributed by atoms with Gasteiger partial charge >= 0.3 is 6.03 Å². The summed E-state index contributed by atoms with van der Waals surface area (Å²) in [6.45, 7) is 8.15. The summed E-state index contributed by atoms with van der Waals surface area (Å²) < 4.78 is 0. The van der Waals surface area contributed by atoms with E-state index < -0.39 is 12.1 Å². The molecular formula is C31H45N5O5S. The lowest BCUT2D eigenvalue weighted by Crippen LogP contribution is -2.50. The highest BCUT2D eigenvalue weighted by Gasteiger charge is 2.42. The Morgan fingerprint density at radius 2 is 1.83 bits per heavy atom. The van der Waals surface area contributed by atoms with Crippen molar-refractivity contribution in [1.29, 1.82) is 0 Å². The summed E-state index contributed by atoms with van der Waals surface area (Å²) in [5.41, 5.74) is 1.34. The molecule has 0 unspecified atom stereocenters. The van der Waals surface area contributed by atoms with E-state index in [1.807, 2.05) is 25.6 Å². The van der Waals surface area contributed by atoms with Crippen molar-refractivity contribution in [3.8, 4) is 0 Å². The van der Waals surface area contributed by atoms with Gasteiger partial charge in [-0.2, -0.15) is 11.8 Å². The second-order valence-corrected chi connectivity index (χ2v) is 12.7. The molecule has 10 nitrogen and oxygen atoms in total. The zero-order chi connectivity index (χ0) is 30.5. The first-order valence-corrected chi connectivity index (χ1v) is 16.0. The van der Waals surface area contributed by atoms with Crippen LogP contribution in [0.2, 0.25) is 0 Å². The minimum Gasteiger partial charge on any atom is -0.356 e. The summed E-state index contributed by atoms with van der Waals surface area (Å²) in [4.78, 5) is 61.1. The molecule has 5 atom stereocenters. The number of urea groups is 1. The smallest absolute Gasteiger partial charge is 0.315 e. The summed E-state index contributed by atoms with van der Waals surface area (Å²) in [7, 11) is 0.